The molecule has 0 saturated heterocycles. The Morgan fingerprint density at radius 2 is 1.94 bits per heavy atom. The van der Waals surface area contributed by atoms with Gasteiger partial charge in [-0.2, -0.15) is 0 Å². The molecule has 0 spiro atoms. The molecule has 2 nitrogen and oxygen atoms in total. The number of hydrogen-bond donors (Lipinski definition) is 1. The summed E-state index contributed by atoms with van der Waals surface area (Å²) in [4.78, 5) is 0. The SMILES string of the molecule is Cc1ccoc1CNC(C)CCc1ccccc1. The van der Waals surface area contributed by atoms with E-state index in [0.29, 0.717) is 6.04 Å². The lowest BCUT2D eigenvalue weighted by Crippen LogP contribution is -2.26. The Morgan fingerprint density at radius 3 is 2.61 bits per heavy atom. The van der Waals surface area contributed by atoms with Crippen molar-refractivity contribution in [2.75, 3.05) is 0 Å². The fourth-order valence-electron chi connectivity index (χ4n) is 1.98. The number of aryl methyl sites for hydroxylation is 2. The summed E-state index contributed by atoms with van der Waals surface area (Å²) in [6.07, 6.45) is 4.01. The van der Waals surface area contributed by atoms with E-state index in [1.165, 1.54) is 11.1 Å². The molecule has 0 aliphatic rings. The van der Waals surface area contributed by atoms with Crippen LogP contribution in [0, 0.1) is 6.92 Å². The minimum atomic E-state index is 0.495. The standard InChI is InChI=1S/C16H21NO/c1-13-10-11-18-16(13)12-17-14(2)8-9-15-6-4-3-5-7-15/h3-7,10-11,14,17H,8-9,12H2,1-2H3. The summed E-state index contributed by atoms with van der Waals surface area (Å²) in [6.45, 7) is 5.12. The quantitative estimate of drug-likeness (QED) is 0.837. The van der Waals surface area contributed by atoms with Gasteiger partial charge in [0, 0.05) is 6.04 Å². The molecule has 2 aromatic rings. The van der Waals surface area contributed by atoms with Gasteiger partial charge in [-0.1, -0.05) is 30.3 Å². The van der Waals surface area contributed by atoms with Crippen molar-refractivity contribution in [3.05, 3.63) is 59.5 Å². The van der Waals surface area contributed by atoms with Crippen molar-refractivity contribution in [2.24, 2.45) is 0 Å². The monoisotopic (exact) mass is 243 g/mol. The number of rotatable bonds is 6. The second kappa shape index (κ2) is 6.41. The molecule has 1 aromatic heterocycles. The van der Waals surface area contributed by atoms with Crippen molar-refractivity contribution >= 4 is 0 Å². The van der Waals surface area contributed by atoms with E-state index in [9.17, 15) is 0 Å². The van der Waals surface area contributed by atoms with E-state index in [-0.39, 0.29) is 0 Å². The van der Waals surface area contributed by atoms with Crippen LogP contribution in [0.1, 0.15) is 30.2 Å². The minimum Gasteiger partial charge on any atom is -0.468 e. The first kappa shape index (κ1) is 12.9. The third-order valence-corrected chi connectivity index (χ3v) is 3.29. The maximum Gasteiger partial charge on any atom is 0.120 e. The zero-order chi connectivity index (χ0) is 12.8. The molecular weight excluding hydrogens is 222 g/mol. The van der Waals surface area contributed by atoms with Gasteiger partial charge in [-0.15, -0.1) is 0 Å². The zero-order valence-corrected chi connectivity index (χ0v) is 11.1. The molecule has 0 aliphatic heterocycles. The average Bonchev–Trinajstić information content (AvgIpc) is 2.81. The van der Waals surface area contributed by atoms with Gasteiger partial charge >= 0.3 is 0 Å². The van der Waals surface area contributed by atoms with Crippen molar-refractivity contribution in [1.82, 2.24) is 5.32 Å². The highest BCUT2D eigenvalue weighted by molar-refractivity contribution is 5.15. The van der Waals surface area contributed by atoms with Crippen molar-refractivity contribution in [1.29, 1.82) is 0 Å². The van der Waals surface area contributed by atoms with Crippen molar-refractivity contribution < 1.29 is 4.42 Å². The number of furan rings is 1. The molecule has 0 radical (unpaired) electrons. The third-order valence-electron chi connectivity index (χ3n) is 3.29. The average molecular weight is 243 g/mol. The largest absolute Gasteiger partial charge is 0.468 e. The van der Waals surface area contributed by atoms with E-state index in [2.05, 4.69) is 49.5 Å². The zero-order valence-electron chi connectivity index (χ0n) is 11.1. The smallest absolute Gasteiger partial charge is 0.120 e. The van der Waals surface area contributed by atoms with Crippen LogP contribution < -0.4 is 5.32 Å². The second-order valence-corrected chi connectivity index (χ2v) is 4.83. The molecule has 0 amide bonds. The van der Waals surface area contributed by atoms with E-state index in [1.807, 2.05) is 6.07 Å². The third kappa shape index (κ3) is 3.74. The van der Waals surface area contributed by atoms with E-state index in [0.717, 1.165) is 25.1 Å². The number of hydrogen-bond acceptors (Lipinski definition) is 2. The van der Waals surface area contributed by atoms with Crippen LogP contribution in [0.25, 0.3) is 0 Å². The fraction of sp³-hybridized carbons (Fsp3) is 0.375. The normalized spacial score (nSPS) is 12.6. The first-order chi connectivity index (χ1) is 8.75. The molecule has 1 atom stereocenters. The Labute approximate surface area is 109 Å². The van der Waals surface area contributed by atoms with Crippen LogP contribution in [0.5, 0.6) is 0 Å². The molecule has 1 N–H and O–H groups in total. The van der Waals surface area contributed by atoms with E-state index >= 15 is 0 Å². The van der Waals surface area contributed by atoms with E-state index < -0.39 is 0 Å². The Morgan fingerprint density at radius 1 is 1.17 bits per heavy atom. The van der Waals surface area contributed by atoms with Crippen LogP contribution in [0.3, 0.4) is 0 Å². The van der Waals surface area contributed by atoms with Gasteiger partial charge in [-0.25, -0.2) is 0 Å². The molecule has 1 heterocycles. The van der Waals surface area contributed by atoms with Gasteiger partial charge in [0.05, 0.1) is 12.8 Å². The van der Waals surface area contributed by atoms with Gasteiger partial charge in [-0.3, -0.25) is 0 Å². The van der Waals surface area contributed by atoms with Crippen LogP contribution in [0.2, 0.25) is 0 Å². The van der Waals surface area contributed by atoms with Crippen molar-refractivity contribution in [3.63, 3.8) is 0 Å². The number of benzene rings is 1. The molecule has 0 saturated carbocycles. The summed E-state index contributed by atoms with van der Waals surface area (Å²) in [5.74, 6) is 1.04. The maximum absolute atomic E-state index is 5.41. The second-order valence-electron chi connectivity index (χ2n) is 4.83. The topological polar surface area (TPSA) is 25.2 Å². The minimum absolute atomic E-state index is 0.495. The molecule has 96 valence electrons. The molecule has 0 fully saturated rings. The Balaban J connectivity index is 1.73. The van der Waals surface area contributed by atoms with Gasteiger partial charge in [0.15, 0.2) is 0 Å². The summed E-state index contributed by atoms with van der Waals surface area (Å²) in [6, 6.07) is 13.1. The van der Waals surface area contributed by atoms with Gasteiger partial charge < -0.3 is 9.73 Å². The summed E-state index contributed by atoms with van der Waals surface area (Å²) in [5, 5.41) is 3.50. The summed E-state index contributed by atoms with van der Waals surface area (Å²) >= 11 is 0. The van der Waals surface area contributed by atoms with Gasteiger partial charge in [0.2, 0.25) is 0 Å². The van der Waals surface area contributed by atoms with Gasteiger partial charge in [0.25, 0.3) is 0 Å². The predicted octanol–water partition coefficient (Wildman–Crippen LogP) is 3.70. The van der Waals surface area contributed by atoms with Crippen molar-refractivity contribution in [3.8, 4) is 0 Å². The summed E-state index contributed by atoms with van der Waals surface area (Å²) in [5.41, 5.74) is 2.62. The molecule has 0 bridgehead atoms. The maximum atomic E-state index is 5.41. The van der Waals surface area contributed by atoms with Gasteiger partial charge in [-0.05, 0) is 43.9 Å². The molecule has 2 rings (SSSR count). The molecule has 1 aromatic carbocycles. The molecular formula is C16H21NO. The fourth-order valence-corrected chi connectivity index (χ4v) is 1.98. The summed E-state index contributed by atoms with van der Waals surface area (Å²) < 4.78 is 5.41. The number of nitrogens with one attached hydrogen (secondary N) is 1. The van der Waals surface area contributed by atoms with E-state index in [1.54, 1.807) is 6.26 Å². The van der Waals surface area contributed by atoms with Crippen molar-refractivity contribution in [2.45, 2.75) is 39.3 Å². The predicted molar refractivity (Wildman–Crippen MR) is 74.5 cm³/mol. The van der Waals surface area contributed by atoms with E-state index in [4.69, 9.17) is 4.42 Å². The molecule has 0 aliphatic carbocycles. The Kier molecular flexibility index (Phi) is 4.59. The van der Waals surface area contributed by atoms with Crippen LogP contribution in [0.15, 0.2) is 47.1 Å². The first-order valence-corrected chi connectivity index (χ1v) is 6.56. The van der Waals surface area contributed by atoms with Crippen LogP contribution in [0.4, 0.5) is 0 Å². The molecule has 1 unspecified atom stereocenters. The van der Waals surface area contributed by atoms with Gasteiger partial charge in [0.1, 0.15) is 5.76 Å². The Hall–Kier alpha value is -1.54. The molecule has 18 heavy (non-hydrogen) atoms. The highest BCUT2D eigenvalue weighted by Gasteiger charge is 2.05. The highest BCUT2D eigenvalue weighted by Crippen LogP contribution is 2.09. The van der Waals surface area contributed by atoms with Crippen LogP contribution in [-0.4, -0.2) is 6.04 Å². The molecule has 2 heteroatoms. The van der Waals surface area contributed by atoms with Crippen LogP contribution in [-0.2, 0) is 13.0 Å². The first-order valence-electron chi connectivity index (χ1n) is 6.56. The summed E-state index contributed by atoms with van der Waals surface area (Å²) in [7, 11) is 0. The lowest BCUT2D eigenvalue weighted by atomic mass is 10.1. The highest BCUT2D eigenvalue weighted by atomic mass is 16.3. The lowest BCUT2D eigenvalue weighted by Gasteiger charge is -2.13. The lowest BCUT2D eigenvalue weighted by molar-refractivity contribution is 0.441. The Bertz CT molecular complexity index is 461. The van der Waals surface area contributed by atoms with Crippen LogP contribution >= 0.6 is 0 Å².